The highest BCUT2D eigenvalue weighted by Crippen LogP contribution is 2.29. The molecule has 26 heavy (non-hydrogen) atoms. The number of likely N-dealkylation sites (tertiary alicyclic amines) is 1. The van der Waals surface area contributed by atoms with Gasteiger partial charge in [-0.1, -0.05) is 0 Å². The first-order valence-electron chi connectivity index (χ1n) is 9.86. The van der Waals surface area contributed by atoms with Gasteiger partial charge in [-0.3, -0.25) is 14.6 Å². The molecule has 0 radical (unpaired) electrons. The van der Waals surface area contributed by atoms with E-state index in [0.29, 0.717) is 18.2 Å². The van der Waals surface area contributed by atoms with E-state index >= 15 is 0 Å². The minimum Gasteiger partial charge on any atom is -0.463 e. The fourth-order valence-corrected chi connectivity index (χ4v) is 3.65. The molecule has 1 saturated heterocycles. The number of ether oxygens (including phenoxy) is 1. The van der Waals surface area contributed by atoms with Crippen LogP contribution in [0.1, 0.15) is 63.9 Å². The zero-order valence-corrected chi connectivity index (χ0v) is 16.2. The van der Waals surface area contributed by atoms with Crippen LogP contribution in [-0.2, 0) is 14.3 Å². The van der Waals surface area contributed by atoms with Gasteiger partial charge in [0.25, 0.3) is 0 Å². The maximum absolute atomic E-state index is 12.0. The van der Waals surface area contributed by atoms with Crippen LogP contribution in [0.15, 0.2) is 24.5 Å². The first-order chi connectivity index (χ1) is 12.5. The first-order valence-corrected chi connectivity index (χ1v) is 9.86. The third-order valence-electron chi connectivity index (χ3n) is 5.20. The molecular weight excluding hydrogens is 328 g/mol. The normalized spacial score (nSPS) is 22.3. The highest BCUT2D eigenvalue weighted by Gasteiger charge is 2.24. The monoisotopic (exact) mass is 360 g/mol. The molecule has 1 aromatic heterocycles. The summed E-state index contributed by atoms with van der Waals surface area (Å²) in [5.41, 5.74) is 1.26. The largest absolute Gasteiger partial charge is 0.463 e. The third-order valence-corrected chi connectivity index (χ3v) is 5.20. The summed E-state index contributed by atoms with van der Waals surface area (Å²) in [6, 6.07) is 3.94. The quantitative estimate of drug-likeness (QED) is 0.764. The molecule has 0 unspecified atom stereocenters. The van der Waals surface area contributed by atoms with Crippen LogP contribution in [-0.4, -0.2) is 41.0 Å². The number of carbonyl (C=O) groups is 2. The van der Waals surface area contributed by atoms with Crippen LogP contribution in [0.5, 0.6) is 0 Å². The molecule has 0 N–H and O–H groups in total. The second kappa shape index (κ2) is 10.9. The molecule has 2 heterocycles. The smallest absolute Gasteiger partial charge is 0.302 e. The zero-order valence-electron chi connectivity index (χ0n) is 16.2. The summed E-state index contributed by atoms with van der Waals surface area (Å²) in [6.45, 7) is 5.43. The molecule has 5 heteroatoms. The highest BCUT2D eigenvalue weighted by atomic mass is 16.5. The summed E-state index contributed by atoms with van der Waals surface area (Å²) >= 11 is 0. The lowest BCUT2D eigenvalue weighted by Crippen LogP contribution is -2.29. The minimum absolute atomic E-state index is 0.114. The van der Waals surface area contributed by atoms with Gasteiger partial charge >= 0.3 is 5.97 Å². The Morgan fingerprint density at radius 2 is 1.73 bits per heavy atom. The maximum atomic E-state index is 12.0. The van der Waals surface area contributed by atoms with Crippen molar-refractivity contribution in [3.05, 3.63) is 30.1 Å². The summed E-state index contributed by atoms with van der Waals surface area (Å²) in [5.74, 6) is 0.797. The molecule has 5 nitrogen and oxygen atoms in total. The van der Waals surface area contributed by atoms with Crippen molar-refractivity contribution >= 4 is 11.9 Å². The molecule has 3 rings (SSSR count). The zero-order chi connectivity index (χ0) is 18.8. The lowest BCUT2D eigenvalue weighted by molar-refractivity contribution is -0.148. The number of nitrogens with zero attached hydrogens (tertiary/aromatic N) is 2. The van der Waals surface area contributed by atoms with E-state index in [2.05, 4.69) is 4.98 Å². The molecule has 0 spiro atoms. The van der Waals surface area contributed by atoms with Crippen molar-refractivity contribution in [1.29, 1.82) is 0 Å². The summed E-state index contributed by atoms with van der Waals surface area (Å²) in [7, 11) is 0. The van der Waals surface area contributed by atoms with Crippen LogP contribution in [0.3, 0.4) is 0 Å². The number of carbonyl (C=O) groups excluding carboxylic acids is 2. The number of esters is 1. The van der Waals surface area contributed by atoms with E-state index in [1.54, 1.807) is 12.4 Å². The summed E-state index contributed by atoms with van der Waals surface area (Å²) in [4.78, 5) is 28.7. The average molecular weight is 360 g/mol. The number of aromatic nitrogens is 1. The Kier molecular flexibility index (Phi) is 8.59. The fourth-order valence-electron chi connectivity index (χ4n) is 3.65. The summed E-state index contributed by atoms with van der Waals surface area (Å²) in [6.07, 6.45) is 11.8. The Balaban J connectivity index is 0.000000290. The highest BCUT2D eigenvalue weighted by molar-refractivity contribution is 5.76. The molecule has 2 fully saturated rings. The van der Waals surface area contributed by atoms with Gasteiger partial charge in [0.05, 0.1) is 0 Å². The van der Waals surface area contributed by atoms with Crippen molar-refractivity contribution < 1.29 is 14.3 Å². The van der Waals surface area contributed by atoms with Crippen molar-refractivity contribution in [3.8, 4) is 0 Å². The topological polar surface area (TPSA) is 59.5 Å². The Morgan fingerprint density at radius 3 is 2.23 bits per heavy atom. The van der Waals surface area contributed by atoms with E-state index in [-0.39, 0.29) is 12.1 Å². The summed E-state index contributed by atoms with van der Waals surface area (Å²) < 4.78 is 5.23. The Morgan fingerprint density at radius 1 is 1.12 bits per heavy atom. The van der Waals surface area contributed by atoms with Crippen molar-refractivity contribution in [2.24, 2.45) is 5.92 Å². The molecule has 144 valence electrons. The number of hydrogen-bond donors (Lipinski definition) is 0. The first kappa shape index (κ1) is 20.4. The molecule has 1 aliphatic heterocycles. The van der Waals surface area contributed by atoms with E-state index in [4.69, 9.17) is 4.74 Å². The number of rotatable bonds is 4. The number of amides is 1. The van der Waals surface area contributed by atoms with E-state index in [1.807, 2.05) is 24.0 Å². The number of hydrogen-bond acceptors (Lipinski definition) is 4. The average Bonchev–Trinajstić information content (AvgIpc) is 3.16. The molecule has 0 atom stereocenters. The van der Waals surface area contributed by atoms with Gasteiger partial charge in [0.2, 0.25) is 5.91 Å². The van der Waals surface area contributed by atoms with E-state index in [1.165, 1.54) is 25.3 Å². The molecular formula is C21H32N2O3. The van der Waals surface area contributed by atoms with E-state index in [0.717, 1.165) is 45.2 Å². The lowest BCUT2D eigenvalue weighted by Gasteiger charge is -2.28. The van der Waals surface area contributed by atoms with Gasteiger partial charge in [-0.25, -0.2) is 0 Å². The van der Waals surface area contributed by atoms with Crippen LogP contribution in [0.25, 0.3) is 0 Å². The maximum Gasteiger partial charge on any atom is 0.302 e. The van der Waals surface area contributed by atoms with Crippen LogP contribution < -0.4 is 0 Å². The predicted molar refractivity (Wildman–Crippen MR) is 102 cm³/mol. The second-order valence-electron chi connectivity index (χ2n) is 7.40. The molecule has 0 aromatic carbocycles. The van der Waals surface area contributed by atoms with Crippen molar-refractivity contribution in [3.63, 3.8) is 0 Å². The van der Waals surface area contributed by atoms with Crippen molar-refractivity contribution in [2.45, 2.75) is 71.3 Å². The number of pyridine rings is 1. The Labute approximate surface area is 157 Å². The van der Waals surface area contributed by atoms with Gasteiger partial charge in [-0.15, -0.1) is 0 Å². The minimum atomic E-state index is -0.173. The Bertz CT molecular complexity index is 548. The van der Waals surface area contributed by atoms with Crippen LogP contribution in [0.2, 0.25) is 0 Å². The van der Waals surface area contributed by atoms with Crippen molar-refractivity contribution in [1.82, 2.24) is 9.88 Å². The van der Waals surface area contributed by atoms with Crippen LogP contribution in [0.4, 0.5) is 0 Å². The molecule has 0 bridgehead atoms. The van der Waals surface area contributed by atoms with E-state index < -0.39 is 0 Å². The van der Waals surface area contributed by atoms with Crippen LogP contribution in [0, 0.1) is 12.8 Å². The third kappa shape index (κ3) is 7.54. The van der Waals surface area contributed by atoms with Gasteiger partial charge in [-0.2, -0.15) is 0 Å². The number of aryl methyl sites for hydroxylation is 1. The van der Waals surface area contributed by atoms with Gasteiger partial charge in [0, 0.05) is 38.8 Å². The molecule has 2 aliphatic rings. The standard InChI is InChI=1S/C15H25NO3.C6H7N/c1-12(17)19-14-7-4-13(5-8-14)6-9-15(18)16-10-2-3-11-16;1-6-2-4-7-5-3-6/h13-14H,2-11H2,1H3;2-5H,1H3. The van der Waals surface area contributed by atoms with Gasteiger partial charge in [-0.05, 0) is 75.5 Å². The Hall–Kier alpha value is -1.91. The van der Waals surface area contributed by atoms with Crippen LogP contribution >= 0.6 is 0 Å². The predicted octanol–water partition coefficient (Wildman–Crippen LogP) is 3.90. The molecule has 1 aromatic rings. The van der Waals surface area contributed by atoms with Gasteiger partial charge in [0.15, 0.2) is 0 Å². The SMILES string of the molecule is CC(=O)OC1CCC(CCC(=O)N2CCCC2)CC1.Cc1ccncc1. The fraction of sp³-hybridized carbons (Fsp3) is 0.667. The second-order valence-corrected chi connectivity index (χ2v) is 7.40. The van der Waals surface area contributed by atoms with Gasteiger partial charge < -0.3 is 9.64 Å². The van der Waals surface area contributed by atoms with Crippen molar-refractivity contribution in [2.75, 3.05) is 13.1 Å². The molecule has 1 amide bonds. The molecule has 1 saturated carbocycles. The summed E-state index contributed by atoms with van der Waals surface area (Å²) in [5, 5.41) is 0. The van der Waals surface area contributed by atoms with E-state index in [9.17, 15) is 9.59 Å². The molecule has 1 aliphatic carbocycles. The lowest BCUT2D eigenvalue weighted by atomic mass is 9.84. The van der Waals surface area contributed by atoms with Gasteiger partial charge in [0.1, 0.15) is 6.10 Å².